The molecule has 1 unspecified atom stereocenters. The largest absolute Gasteiger partial charge is 0.423 e. The van der Waals surface area contributed by atoms with Crippen molar-refractivity contribution in [2.45, 2.75) is 16.7 Å². The van der Waals surface area contributed by atoms with Gasteiger partial charge in [-0.05, 0) is 66.2 Å². The van der Waals surface area contributed by atoms with Crippen LogP contribution in [-0.2, 0) is 15.6 Å². The Morgan fingerprint density at radius 1 is 1.00 bits per heavy atom. The van der Waals surface area contributed by atoms with Crippen LogP contribution in [0.5, 0.6) is 0 Å². The average molecular weight is 494 g/mol. The molecule has 0 radical (unpaired) electrons. The second-order valence-corrected chi connectivity index (χ2v) is 9.15. The molecule has 0 amide bonds. The number of nitrogens with zero attached hydrogens (tertiary/aromatic N) is 2. The van der Waals surface area contributed by atoms with E-state index in [4.69, 9.17) is 5.14 Å². The van der Waals surface area contributed by atoms with E-state index < -0.39 is 39.7 Å². The number of hydrogen-bond donors (Lipinski definition) is 3. The minimum Gasteiger partial charge on any atom is -0.381 e. The van der Waals surface area contributed by atoms with E-state index in [-0.39, 0.29) is 10.6 Å². The highest BCUT2D eigenvalue weighted by molar-refractivity contribution is 7.89. The van der Waals surface area contributed by atoms with Gasteiger partial charge < -0.3 is 10.4 Å². The minimum absolute atomic E-state index is 0.153. The zero-order valence-corrected chi connectivity index (χ0v) is 18.1. The maximum atomic E-state index is 14.0. The highest BCUT2D eigenvalue weighted by Crippen LogP contribution is 2.40. The fourth-order valence-electron chi connectivity index (χ4n) is 3.44. The van der Waals surface area contributed by atoms with Crippen LogP contribution in [0.2, 0.25) is 0 Å². The molecule has 0 saturated heterocycles. The first kappa shape index (κ1) is 23.7. The number of nitrogens with two attached hydrogens (primary N) is 1. The average Bonchev–Trinajstić information content (AvgIpc) is 3.20. The minimum atomic E-state index is -5.04. The van der Waals surface area contributed by atoms with Crippen molar-refractivity contribution in [3.05, 3.63) is 84.3 Å². The van der Waals surface area contributed by atoms with E-state index in [9.17, 15) is 31.1 Å². The molecule has 7 nitrogen and oxygen atoms in total. The van der Waals surface area contributed by atoms with E-state index in [0.29, 0.717) is 16.6 Å². The van der Waals surface area contributed by atoms with Crippen LogP contribution >= 0.6 is 0 Å². The molecule has 0 spiro atoms. The molecule has 34 heavy (non-hydrogen) atoms. The predicted molar refractivity (Wildman–Crippen MR) is 117 cm³/mol. The Hall–Kier alpha value is -3.48. The first-order chi connectivity index (χ1) is 15.9. The van der Waals surface area contributed by atoms with Crippen LogP contribution in [0.4, 0.5) is 23.2 Å². The fourth-order valence-corrected chi connectivity index (χ4v) is 3.95. The monoisotopic (exact) mass is 494 g/mol. The summed E-state index contributed by atoms with van der Waals surface area (Å²) in [7, 11) is -3.95. The smallest absolute Gasteiger partial charge is 0.381 e. The number of anilines is 1. The summed E-state index contributed by atoms with van der Waals surface area (Å²) in [6, 6.07) is 13.9. The fraction of sp³-hybridized carbons (Fsp3) is 0.136. The highest BCUT2D eigenvalue weighted by Gasteiger charge is 2.55. The number of hydrogen-bond acceptors (Lipinski definition) is 5. The molecular formula is C22H18F4N4O3S. The summed E-state index contributed by atoms with van der Waals surface area (Å²) >= 11 is 0. The highest BCUT2D eigenvalue weighted by atomic mass is 32.2. The SMILES string of the molecule is NS(=O)(=O)c1ccc(NCC(O)(c2ccc3c(cnn3-c3ccc(F)cc3)c2)C(F)(F)F)cc1. The van der Waals surface area contributed by atoms with Crippen molar-refractivity contribution in [2.75, 3.05) is 11.9 Å². The molecule has 4 rings (SSSR count). The molecule has 12 heteroatoms. The van der Waals surface area contributed by atoms with Crippen molar-refractivity contribution >= 4 is 26.6 Å². The number of sulfonamides is 1. The number of primary sulfonamides is 1. The number of nitrogens with one attached hydrogen (secondary N) is 1. The van der Waals surface area contributed by atoms with E-state index in [0.717, 1.165) is 18.2 Å². The van der Waals surface area contributed by atoms with Crippen molar-refractivity contribution in [3.8, 4) is 5.69 Å². The third kappa shape index (κ3) is 4.47. The Kier molecular flexibility index (Phi) is 5.84. The van der Waals surface area contributed by atoms with Crippen molar-refractivity contribution in [3.63, 3.8) is 0 Å². The number of aromatic nitrogens is 2. The molecule has 0 bridgehead atoms. The Bertz CT molecular complexity index is 1440. The molecular weight excluding hydrogens is 476 g/mol. The van der Waals surface area contributed by atoms with Crippen LogP contribution in [0.25, 0.3) is 16.6 Å². The number of rotatable bonds is 6. The molecule has 4 aromatic rings. The molecule has 0 aliphatic rings. The molecule has 0 fully saturated rings. The molecule has 3 aromatic carbocycles. The second kappa shape index (κ2) is 8.38. The Labute approximate surface area is 191 Å². The molecule has 1 heterocycles. The summed E-state index contributed by atoms with van der Waals surface area (Å²) in [5.74, 6) is -0.440. The molecule has 0 aliphatic heterocycles. The number of aliphatic hydroxyl groups is 1. The predicted octanol–water partition coefficient (Wildman–Crippen LogP) is 3.67. The lowest BCUT2D eigenvalue weighted by Gasteiger charge is -2.31. The molecule has 0 saturated carbocycles. The van der Waals surface area contributed by atoms with Gasteiger partial charge in [0.15, 0.2) is 0 Å². The Balaban J connectivity index is 1.65. The van der Waals surface area contributed by atoms with Crippen molar-refractivity contribution in [1.29, 1.82) is 0 Å². The van der Waals surface area contributed by atoms with Crippen molar-refractivity contribution in [1.82, 2.24) is 9.78 Å². The van der Waals surface area contributed by atoms with Crippen LogP contribution in [0.15, 0.2) is 77.8 Å². The standard InChI is InChI=1S/C22H18F4N4O3S/c23-16-2-6-18(7-3-16)30-20-10-1-15(11-14(20)12-29-30)21(31,22(24,25)26)13-28-17-4-8-19(9-5-17)34(27,32)33/h1-12,28,31H,13H2,(H2,27,32,33). The molecule has 1 aromatic heterocycles. The molecule has 0 aliphatic carbocycles. The first-order valence-electron chi connectivity index (χ1n) is 9.78. The summed E-state index contributed by atoms with van der Waals surface area (Å²) in [4.78, 5) is -0.201. The lowest BCUT2D eigenvalue weighted by molar-refractivity contribution is -0.260. The van der Waals surface area contributed by atoms with Gasteiger partial charge in [0.05, 0.1) is 28.8 Å². The van der Waals surface area contributed by atoms with E-state index in [2.05, 4.69) is 10.4 Å². The van der Waals surface area contributed by atoms with E-state index >= 15 is 0 Å². The van der Waals surface area contributed by atoms with Gasteiger partial charge in [-0.2, -0.15) is 18.3 Å². The number of halogens is 4. The van der Waals surface area contributed by atoms with Gasteiger partial charge in [0.2, 0.25) is 15.6 Å². The number of benzene rings is 3. The number of fused-ring (bicyclic) bond motifs is 1. The summed E-state index contributed by atoms with van der Waals surface area (Å²) < 4.78 is 79.3. The van der Waals surface area contributed by atoms with Gasteiger partial charge >= 0.3 is 6.18 Å². The first-order valence-corrected chi connectivity index (χ1v) is 11.3. The van der Waals surface area contributed by atoms with Gasteiger partial charge in [-0.3, -0.25) is 0 Å². The Morgan fingerprint density at radius 2 is 1.65 bits per heavy atom. The lowest BCUT2D eigenvalue weighted by Crippen LogP contribution is -2.47. The summed E-state index contributed by atoms with van der Waals surface area (Å²) in [6.45, 7) is -0.942. The van der Waals surface area contributed by atoms with Gasteiger partial charge in [0.1, 0.15) is 5.82 Å². The second-order valence-electron chi connectivity index (χ2n) is 7.59. The summed E-state index contributed by atoms with van der Waals surface area (Å²) in [5, 5.41) is 22.7. The van der Waals surface area contributed by atoms with Crippen molar-refractivity contribution in [2.24, 2.45) is 5.14 Å². The van der Waals surface area contributed by atoms with Gasteiger partial charge in [-0.25, -0.2) is 22.6 Å². The molecule has 1 atom stereocenters. The van der Waals surface area contributed by atoms with Gasteiger partial charge in [-0.1, -0.05) is 6.07 Å². The van der Waals surface area contributed by atoms with Crippen molar-refractivity contribution < 1.29 is 31.1 Å². The molecule has 4 N–H and O–H groups in total. The Morgan fingerprint density at radius 3 is 2.24 bits per heavy atom. The van der Waals surface area contributed by atoms with Gasteiger partial charge in [-0.15, -0.1) is 0 Å². The lowest BCUT2D eigenvalue weighted by atomic mass is 9.92. The van der Waals surface area contributed by atoms with E-state index in [1.807, 2.05) is 0 Å². The maximum Gasteiger partial charge on any atom is 0.423 e. The van der Waals surface area contributed by atoms with E-state index in [1.54, 1.807) is 0 Å². The van der Waals surface area contributed by atoms with E-state index in [1.165, 1.54) is 59.4 Å². The van der Waals surface area contributed by atoms with Crippen LogP contribution in [0.1, 0.15) is 5.56 Å². The van der Waals surface area contributed by atoms with Gasteiger partial charge in [0, 0.05) is 11.1 Å². The van der Waals surface area contributed by atoms with Gasteiger partial charge in [0.25, 0.3) is 0 Å². The zero-order chi connectivity index (χ0) is 24.7. The third-order valence-corrected chi connectivity index (χ3v) is 6.25. The molecule has 178 valence electrons. The zero-order valence-electron chi connectivity index (χ0n) is 17.3. The number of alkyl halides is 3. The maximum absolute atomic E-state index is 14.0. The summed E-state index contributed by atoms with van der Waals surface area (Å²) in [5.41, 5.74) is -2.55. The third-order valence-electron chi connectivity index (χ3n) is 5.32. The van der Waals surface area contributed by atoms with Crippen LogP contribution in [-0.4, -0.2) is 36.0 Å². The quantitative estimate of drug-likeness (QED) is 0.354. The topological polar surface area (TPSA) is 110 Å². The van der Waals surface area contributed by atoms with Crippen LogP contribution in [0, 0.1) is 5.82 Å². The van der Waals surface area contributed by atoms with Crippen LogP contribution in [0.3, 0.4) is 0 Å². The normalized spacial score (nSPS) is 14.2. The summed E-state index contributed by atoms with van der Waals surface area (Å²) in [6.07, 6.45) is -3.69. The van der Waals surface area contributed by atoms with Crippen LogP contribution < -0.4 is 10.5 Å².